The van der Waals surface area contributed by atoms with E-state index in [0.717, 1.165) is 19.3 Å². The van der Waals surface area contributed by atoms with Crippen LogP contribution < -0.4 is 0 Å². The first-order chi connectivity index (χ1) is 9.70. The lowest BCUT2D eigenvalue weighted by Crippen LogP contribution is -2.03. The zero-order chi connectivity index (χ0) is 15.1. The van der Waals surface area contributed by atoms with Crippen LogP contribution in [0.1, 0.15) is 104 Å². The fourth-order valence-corrected chi connectivity index (χ4v) is 2.78. The predicted molar refractivity (Wildman–Crippen MR) is 94.6 cm³/mol. The summed E-state index contributed by atoms with van der Waals surface area (Å²) in [6, 6.07) is 0. The Labute approximate surface area is 132 Å². The topological polar surface area (TPSA) is 20.2 Å². The standard InChI is InChI=1S/C18H36OS/c1-3-5-6-8-12-15-18(20)16-13-10-7-9-11-14-17(19)4-2/h17,19H,3-16H2,1-2H3. The van der Waals surface area contributed by atoms with Crippen molar-refractivity contribution in [3.8, 4) is 0 Å². The van der Waals surface area contributed by atoms with Gasteiger partial charge < -0.3 is 5.11 Å². The van der Waals surface area contributed by atoms with Crippen LogP contribution in [0, 0.1) is 0 Å². The van der Waals surface area contributed by atoms with Gasteiger partial charge in [0.1, 0.15) is 0 Å². The van der Waals surface area contributed by atoms with Gasteiger partial charge in [-0.25, -0.2) is 0 Å². The smallest absolute Gasteiger partial charge is 0.0537 e. The van der Waals surface area contributed by atoms with E-state index in [1.54, 1.807) is 0 Å². The third kappa shape index (κ3) is 14.5. The van der Waals surface area contributed by atoms with Gasteiger partial charge in [-0.3, -0.25) is 0 Å². The van der Waals surface area contributed by atoms with Crippen molar-refractivity contribution in [2.45, 2.75) is 110 Å². The molecular formula is C18H36OS. The Morgan fingerprint density at radius 3 is 1.85 bits per heavy atom. The van der Waals surface area contributed by atoms with Crippen LogP contribution >= 0.6 is 12.2 Å². The van der Waals surface area contributed by atoms with Crippen molar-refractivity contribution < 1.29 is 5.11 Å². The lowest BCUT2D eigenvalue weighted by atomic mass is 10.0. The Morgan fingerprint density at radius 1 is 0.800 bits per heavy atom. The second-order valence-corrected chi connectivity index (χ2v) is 6.65. The minimum absolute atomic E-state index is 0.0738. The number of aliphatic hydroxyl groups is 1. The van der Waals surface area contributed by atoms with Crippen molar-refractivity contribution in [3.05, 3.63) is 0 Å². The van der Waals surface area contributed by atoms with Crippen molar-refractivity contribution in [2.24, 2.45) is 0 Å². The number of hydrogen-bond acceptors (Lipinski definition) is 2. The second kappa shape index (κ2) is 15.4. The van der Waals surface area contributed by atoms with Gasteiger partial charge in [0.05, 0.1) is 6.10 Å². The van der Waals surface area contributed by atoms with Gasteiger partial charge in [-0.2, -0.15) is 0 Å². The molecule has 20 heavy (non-hydrogen) atoms. The highest BCUT2D eigenvalue weighted by Gasteiger charge is 2.01. The molecule has 0 aliphatic heterocycles. The molecule has 0 aromatic rings. The highest BCUT2D eigenvalue weighted by atomic mass is 32.1. The molecule has 0 aromatic carbocycles. The Morgan fingerprint density at radius 2 is 1.30 bits per heavy atom. The molecule has 0 heterocycles. The van der Waals surface area contributed by atoms with Gasteiger partial charge in [-0.1, -0.05) is 77.4 Å². The molecule has 0 aliphatic carbocycles. The number of aliphatic hydroxyl groups excluding tert-OH is 1. The maximum atomic E-state index is 9.45. The maximum Gasteiger partial charge on any atom is 0.0537 e. The molecule has 0 aliphatic rings. The van der Waals surface area contributed by atoms with E-state index >= 15 is 0 Å². The second-order valence-electron chi connectivity index (χ2n) is 6.07. The van der Waals surface area contributed by atoms with Crippen LogP contribution in [0.2, 0.25) is 0 Å². The van der Waals surface area contributed by atoms with E-state index in [-0.39, 0.29) is 6.10 Å². The van der Waals surface area contributed by atoms with Crippen molar-refractivity contribution in [1.29, 1.82) is 0 Å². The first-order valence-electron chi connectivity index (χ1n) is 8.90. The van der Waals surface area contributed by atoms with Crippen LogP contribution in [0.3, 0.4) is 0 Å². The van der Waals surface area contributed by atoms with Gasteiger partial charge in [-0.15, -0.1) is 0 Å². The third-order valence-corrected chi connectivity index (χ3v) is 4.43. The van der Waals surface area contributed by atoms with E-state index in [0.29, 0.717) is 0 Å². The molecule has 0 spiro atoms. The molecule has 0 amide bonds. The van der Waals surface area contributed by atoms with Crippen LogP contribution in [-0.4, -0.2) is 16.1 Å². The van der Waals surface area contributed by atoms with Crippen molar-refractivity contribution in [2.75, 3.05) is 0 Å². The Bertz CT molecular complexity index is 215. The zero-order valence-electron chi connectivity index (χ0n) is 13.8. The SMILES string of the molecule is CCCCCCCC(=S)CCCCCCCC(O)CC. The summed E-state index contributed by atoms with van der Waals surface area (Å²) in [5, 5.41) is 9.45. The largest absolute Gasteiger partial charge is 0.393 e. The summed E-state index contributed by atoms with van der Waals surface area (Å²) in [6.45, 7) is 4.31. The molecule has 1 N–H and O–H groups in total. The molecule has 120 valence electrons. The van der Waals surface area contributed by atoms with E-state index in [1.807, 2.05) is 6.92 Å². The maximum absolute atomic E-state index is 9.45. The quantitative estimate of drug-likeness (QED) is 0.286. The fourth-order valence-electron chi connectivity index (χ4n) is 2.49. The van der Waals surface area contributed by atoms with Gasteiger partial charge in [0.2, 0.25) is 0 Å². The lowest BCUT2D eigenvalue weighted by molar-refractivity contribution is 0.156. The van der Waals surface area contributed by atoms with Gasteiger partial charge in [0.25, 0.3) is 0 Å². The molecule has 2 heteroatoms. The average molecular weight is 301 g/mol. The fraction of sp³-hybridized carbons (Fsp3) is 0.944. The van der Waals surface area contributed by atoms with Gasteiger partial charge >= 0.3 is 0 Å². The molecule has 0 aromatic heterocycles. The van der Waals surface area contributed by atoms with Crippen LogP contribution in [0.25, 0.3) is 0 Å². The number of thiocarbonyl (C=S) groups is 1. The average Bonchev–Trinajstić information content (AvgIpc) is 2.45. The first kappa shape index (κ1) is 20.1. The molecule has 0 fully saturated rings. The van der Waals surface area contributed by atoms with Crippen LogP contribution in [0.15, 0.2) is 0 Å². The minimum Gasteiger partial charge on any atom is -0.393 e. The highest BCUT2D eigenvalue weighted by molar-refractivity contribution is 7.80. The lowest BCUT2D eigenvalue weighted by Gasteiger charge is -2.07. The van der Waals surface area contributed by atoms with Gasteiger partial charge in [0, 0.05) is 0 Å². The molecule has 1 nitrogen and oxygen atoms in total. The molecule has 1 unspecified atom stereocenters. The molecule has 0 saturated heterocycles. The summed E-state index contributed by atoms with van der Waals surface area (Å²) in [7, 11) is 0. The number of rotatable bonds is 15. The Kier molecular flexibility index (Phi) is 15.5. The summed E-state index contributed by atoms with van der Waals surface area (Å²) in [5.74, 6) is 0. The van der Waals surface area contributed by atoms with E-state index in [2.05, 4.69) is 6.92 Å². The zero-order valence-corrected chi connectivity index (χ0v) is 14.6. The number of hydrogen-bond donors (Lipinski definition) is 1. The van der Waals surface area contributed by atoms with E-state index in [9.17, 15) is 5.11 Å². The summed E-state index contributed by atoms with van der Waals surface area (Å²) in [4.78, 5) is 1.29. The first-order valence-corrected chi connectivity index (χ1v) is 9.31. The van der Waals surface area contributed by atoms with Crippen LogP contribution in [-0.2, 0) is 0 Å². The Hall–Kier alpha value is 0.0500. The summed E-state index contributed by atoms with van der Waals surface area (Å²) in [6.07, 6.45) is 17.2. The molecule has 0 radical (unpaired) electrons. The van der Waals surface area contributed by atoms with Crippen molar-refractivity contribution >= 4 is 17.1 Å². The monoisotopic (exact) mass is 300 g/mol. The number of unbranched alkanes of at least 4 members (excludes halogenated alkanes) is 8. The van der Waals surface area contributed by atoms with Gasteiger partial charge in [-0.05, 0) is 43.4 Å². The van der Waals surface area contributed by atoms with Gasteiger partial charge in [0.15, 0.2) is 0 Å². The predicted octanol–water partition coefficient (Wildman–Crippen LogP) is 6.22. The van der Waals surface area contributed by atoms with Crippen LogP contribution in [0.5, 0.6) is 0 Å². The van der Waals surface area contributed by atoms with Crippen molar-refractivity contribution in [3.63, 3.8) is 0 Å². The minimum atomic E-state index is -0.0738. The van der Waals surface area contributed by atoms with E-state index in [1.165, 1.54) is 75.5 Å². The highest BCUT2D eigenvalue weighted by Crippen LogP contribution is 2.13. The van der Waals surface area contributed by atoms with Crippen molar-refractivity contribution in [1.82, 2.24) is 0 Å². The summed E-state index contributed by atoms with van der Waals surface area (Å²) < 4.78 is 0. The van der Waals surface area contributed by atoms with Crippen LogP contribution in [0.4, 0.5) is 0 Å². The molecule has 0 rings (SSSR count). The molecule has 0 saturated carbocycles. The summed E-state index contributed by atoms with van der Waals surface area (Å²) in [5.41, 5.74) is 0. The van der Waals surface area contributed by atoms with E-state index < -0.39 is 0 Å². The summed E-state index contributed by atoms with van der Waals surface area (Å²) >= 11 is 5.45. The molecular weight excluding hydrogens is 264 g/mol. The Balaban J connectivity index is 3.19. The molecule has 0 bridgehead atoms. The molecule has 1 atom stereocenters. The normalized spacial score (nSPS) is 12.6. The van der Waals surface area contributed by atoms with E-state index in [4.69, 9.17) is 12.2 Å². The third-order valence-electron chi connectivity index (χ3n) is 4.02.